The minimum Gasteiger partial charge on any atom is -0.327 e. The van der Waals surface area contributed by atoms with Crippen LogP contribution < -0.4 is 0 Å². The van der Waals surface area contributed by atoms with Gasteiger partial charge in [-0.3, -0.25) is 4.79 Å². The fourth-order valence-corrected chi connectivity index (χ4v) is 3.74. The molecule has 1 aliphatic rings. The van der Waals surface area contributed by atoms with E-state index in [1.165, 1.54) is 5.56 Å². The van der Waals surface area contributed by atoms with Crippen molar-refractivity contribution < 1.29 is 4.79 Å². The van der Waals surface area contributed by atoms with E-state index in [0.29, 0.717) is 12.5 Å². The SMILES string of the molecule is CC(C)C1/C(=C(\Cl)CCc2ccccc2)C(=O)N1Cc1ccccc1. The molecule has 0 aliphatic carbocycles. The number of β-lactam (4-membered cyclic amide) rings is 1. The summed E-state index contributed by atoms with van der Waals surface area (Å²) in [6.07, 6.45) is 1.58. The minimum atomic E-state index is 0.0839. The van der Waals surface area contributed by atoms with E-state index in [1.54, 1.807) is 0 Å². The van der Waals surface area contributed by atoms with E-state index < -0.39 is 0 Å². The van der Waals surface area contributed by atoms with Gasteiger partial charge in [0.25, 0.3) is 5.91 Å². The summed E-state index contributed by atoms with van der Waals surface area (Å²) < 4.78 is 0. The molecule has 0 radical (unpaired) electrons. The van der Waals surface area contributed by atoms with Crippen LogP contribution in [0.5, 0.6) is 0 Å². The number of halogens is 1. The highest BCUT2D eigenvalue weighted by molar-refractivity contribution is 6.32. The van der Waals surface area contributed by atoms with Crippen LogP contribution in [0.4, 0.5) is 0 Å². The molecule has 0 saturated carbocycles. The number of likely N-dealkylation sites (tertiary alicyclic amines) is 1. The fraction of sp³-hybridized carbons (Fsp3) is 0.318. The fourth-order valence-electron chi connectivity index (χ4n) is 3.45. The number of carbonyl (C=O) groups excluding carboxylic acids is 1. The zero-order valence-electron chi connectivity index (χ0n) is 14.8. The summed E-state index contributed by atoms with van der Waals surface area (Å²) in [6.45, 7) is 4.95. The van der Waals surface area contributed by atoms with Crippen molar-refractivity contribution in [1.82, 2.24) is 4.90 Å². The number of carbonyl (C=O) groups is 1. The molecule has 3 heteroatoms. The number of allylic oxidation sites excluding steroid dienone is 1. The summed E-state index contributed by atoms with van der Waals surface area (Å²) in [5.41, 5.74) is 3.21. The molecule has 3 rings (SSSR count). The van der Waals surface area contributed by atoms with Crippen LogP contribution in [0, 0.1) is 5.92 Å². The first-order valence-electron chi connectivity index (χ1n) is 8.85. The Morgan fingerprint density at radius 1 is 1.00 bits per heavy atom. The van der Waals surface area contributed by atoms with Crippen LogP contribution in [-0.2, 0) is 17.8 Å². The van der Waals surface area contributed by atoms with E-state index in [4.69, 9.17) is 11.6 Å². The van der Waals surface area contributed by atoms with E-state index in [2.05, 4.69) is 38.1 Å². The number of benzene rings is 2. The zero-order chi connectivity index (χ0) is 17.8. The average Bonchev–Trinajstić information content (AvgIpc) is 2.63. The van der Waals surface area contributed by atoms with Crippen molar-refractivity contribution in [3.05, 3.63) is 82.4 Å². The maximum atomic E-state index is 12.7. The molecule has 1 atom stereocenters. The molecule has 2 nitrogen and oxygen atoms in total. The van der Waals surface area contributed by atoms with Crippen molar-refractivity contribution in [3.63, 3.8) is 0 Å². The van der Waals surface area contributed by atoms with Crippen LogP contribution in [-0.4, -0.2) is 16.8 Å². The molecule has 0 bridgehead atoms. The highest BCUT2D eigenvalue weighted by Gasteiger charge is 2.44. The van der Waals surface area contributed by atoms with Crippen molar-refractivity contribution in [2.45, 2.75) is 39.3 Å². The van der Waals surface area contributed by atoms with Crippen molar-refractivity contribution >= 4 is 17.5 Å². The molecule has 130 valence electrons. The van der Waals surface area contributed by atoms with E-state index in [9.17, 15) is 4.79 Å². The highest BCUT2D eigenvalue weighted by Crippen LogP contribution is 2.37. The van der Waals surface area contributed by atoms with Gasteiger partial charge in [0.1, 0.15) is 0 Å². The number of nitrogens with zero attached hydrogens (tertiary/aromatic N) is 1. The monoisotopic (exact) mass is 353 g/mol. The van der Waals surface area contributed by atoms with Gasteiger partial charge in [0.05, 0.1) is 11.6 Å². The molecule has 2 aromatic rings. The van der Waals surface area contributed by atoms with Gasteiger partial charge in [0.2, 0.25) is 0 Å². The molecule has 0 spiro atoms. The normalized spacial score (nSPS) is 19.1. The number of hydrogen-bond acceptors (Lipinski definition) is 1. The third-order valence-corrected chi connectivity index (χ3v) is 5.11. The van der Waals surface area contributed by atoms with Gasteiger partial charge in [0, 0.05) is 11.6 Å². The van der Waals surface area contributed by atoms with Gasteiger partial charge in [-0.25, -0.2) is 0 Å². The molecule has 1 heterocycles. The summed E-state index contributed by atoms with van der Waals surface area (Å²) in [6, 6.07) is 20.5. The van der Waals surface area contributed by atoms with Crippen LogP contribution in [0.1, 0.15) is 31.4 Å². The van der Waals surface area contributed by atoms with Crippen LogP contribution in [0.3, 0.4) is 0 Å². The predicted octanol–water partition coefficient (Wildman–Crippen LogP) is 5.18. The second-order valence-electron chi connectivity index (χ2n) is 6.91. The first-order chi connectivity index (χ1) is 12.1. The number of rotatable bonds is 6. The largest absolute Gasteiger partial charge is 0.327 e. The van der Waals surface area contributed by atoms with Crippen molar-refractivity contribution in [3.8, 4) is 0 Å². The Labute approximate surface area is 155 Å². The molecule has 0 N–H and O–H groups in total. The van der Waals surface area contributed by atoms with Gasteiger partial charge in [-0.1, -0.05) is 86.1 Å². The van der Waals surface area contributed by atoms with Gasteiger partial charge in [-0.05, 0) is 29.9 Å². The zero-order valence-corrected chi connectivity index (χ0v) is 15.5. The minimum absolute atomic E-state index is 0.0839. The number of amides is 1. The maximum Gasteiger partial charge on any atom is 0.253 e. The first-order valence-corrected chi connectivity index (χ1v) is 9.23. The lowest BCUT2D eigenvalue weighted by molar-refractivity contribution is -0.139. The third-order valence-electron chi connectivity index (χ3n) is 4.72. The van der Waals surface area contributed by atoms with Crippen LogP contribution in [0.25, 0.3) is 0 Å². The average molecular weight is 354 g/mol. The second kappa shape index (κ2) is 7.88. The molecule has 1 unspecified atom stereocenters. The standard InChI is InChI=1S/C22H24ClNO/c1-16(2)21-20(19(23)14-13-17-9-5-3-6-10-17)22(25)24(21)15-18-11-7-4-8-12-18/h3-12,16,21H,13-15H2,1-2H3/b20-19+. The summed E-state index contributed by atoms with van der Waals surface area (Å²) in [7, 11) is 0. The number of aryl methyl sites for hydroxylation is 1. The molecule has 1 aliphatic heterocycles. The van der Waals surface area contributed by atoms with E-state index >= 15 is 0 Å². The Hall–Kier alpha value is -2.06. The topological polar surface area (TPSA) is 20.3 Å². The van der Waals surface area contributed by atoms with Gasteiger partial charge >= 0.3 is 0 Å². The summed E-state index contributed by atoms with van der Waals surface area (Å²) in [5.74, 6) is 0.433. The van der Waals surface area contributed by atoms with Crippen molar-refractivity contribution in [2.75, 3.05) is 0 Å². The Bertz CT molecular complexity index is 752. The van der Waals surface area contributed by atoms with Gasteiger partial charge in [-0.2, -0.15) is 0 Å². The van der Waals surface area contributed by atoms with Gasteiger partial charge in [-0.15, -0.1) is 0 Å². The Morgan fingerprint density at radius 3 is 2.12 bits per heavy atom. The lowest BCUT2D eigenvalue weighted by Crippen LogP contribution is -2.57. The smallest absolute Gasteiger partial charge is 0.253 e. The van der Waals surface area contributed by atoms with Gasteiger partial charge < -0.3 is 4.90 Å². The highest BCUT2D eigenvalue weighted by atomic mass is 35.5. The number of hydrogen-bond donors (Lipinski definition) is 0. The molecule has 1 saturated heterocycles. The lowest BCUT2D eigenvalue weighted by atomic mass is 9.84. The molecular weight excluding hydrogens is 330 g/mol. The quantitative estimate of drug-likeness (QED) is 0.517. The van der Waals surface area contributed by atoms with Crippen LogP contribution in [0.15, 0.2) is 71.3 Å². The Balaban J connectivity index is 1.73. The summed E-state index contributed by atoms with van der Waals surface area (Å²) in [4.78, 5) is 14.7. The van der Waals surface area contributed by atoms with Crippen molar-refractivity contribution in [2.24, 2.45) is 5.92 Å². The first kappa shape index (κ1) is 17.8. The van der Waals surface area contributed by atoms with E-state index in [-0.39, 0.29) is 11.9 Å². The second-order valence-corrected chi connectivity index (χ2v) is 7.37. The molecule has 0 aromatic heterocycles. The summed E-state index contributed by atoms with van der Waals surface area (Å²) >= 11 is 6.57. The van der Waals surface area contributed by atoms with Gasteiger partial charge in [0.15, 0.2) is 0 Å². The van der Waals surface area contributed by atoms with Crippen LogP contribution in [0.2, 0.25) is 0 Å². The van der Waals surface area contributed by atoms with Crippen LogP contribution >= 0.6 is 11.6 Å². The lowest BCUT2D eigenvalue weighted by Gasteiger charge is -2.46. The molecule has 1 amide bonds. The Kier molecular flexibility index (Phi) is 5.60. The molecule has 2 aromatic carbocycles. The third kappa shape index (κ3) is 3.96. The van der Waals surface area contributed by atoms with E-state index in [0.717, 1.165) is 29.0 Å². The molecule has 25 heavy (non-hydrogen) atoms. The summed E-state index contributed by atoms with van der Waals surface area (Å²) in [5, 5.41) is 0.719. The van der Waals surface area contributed by atoms with Crippen molar-refractivity contribution in [1.29, 1.82) is 0 Å². The predicted molar refractivity (Wildman–Crippen MR) is 103 cm³/mol. The molecular formula is C22H24ClNO. The molecule has 1 fully saturated rings. The maximum absolute atomic E-state index is 12.7. The Morgan fingerprint density at radius 2 is 1.56 bits per heavy atom. The van der Waals surface area contributed by atoms with E-state index in [1.807, 2.05) is 41.3 Å².